The van der Waals surface area contributed by atoms with Crippen LogP contribution in [-0.4, -0.2) is 138 Å². The lowest BCUT2D eigenvalue weighted by Crippen LogP contribution is -2.18. The Labute approximate surface area is 737 Å². The molecule has 0 bridgehead atoms. The van der Waals surface area contributed by atoms with Crippen molar-refractivity contribution in [2.24, 2.45) is 0 Å². The Kier molecular flexibility index (Phi) is 25.2. The van der Waals surface area contributed by atoms with E-state index in [1.807, 2.05) is 238 Å². The van der Waals surface area contributed by atoms with Gasteiger partial charge in [0.2, 0.25) is 0 Å². The molecule has 8 N–H and O–H groups in total. The third-order valence-corrected chi connectivity index (χ3v) is 22.9. The van der Waals surface area contributed by atoms with Crippen LogP contribution >= 0.6 is 0 Å². The number of carbonyl (C=O) groups excluding carboxylic acids is 4. The number of hydrogen-bond acceptors (Lipinski definition) is 17. The third kappa shape index (κ3) is 20.0. The predicted octanol–water partition coefficient (Wildman–Crippen LogP) is 19.8. The topological polar surface area (TPSA) is 329 Å². The highest BCUT2D eigenvalue weighted by atomic mass is 16.2. The van der Waals surface area contributed by atoms with Crippen LogP contribution in [0.2, 0.25) is 0 Å². The lowest BCUT2D eigenvalue weighted by Gasteiger charge is -2.16. The van der Waals surface area contributed by atoms with E-state index >= 15 is 0 Å². The molecule has 0 saturated carbocycles. The van der Waals surface area contributed by atoms with E-state index in [1.54, 1.807) is 30.5 Å². The number of hydrogen-bond donors (Lipinski definition) is 8. The quantitative estimate of drug-likeness (QED) is 0.0351. The van der Waals surface area contributed by atoms with Gasteiger partial charge in [-0.05, 0) is 255 Å². The molecule has 25 nitrogen and oxygen atoms in total. The summed E-state index contributed by atoms with van der Waals surface area (Å²) in [6.45, 7) is 8.56. The van der Waals surface area contributed by atoms with Crippen LogP contribution in [0.4, 0.5) is 28.6 Å². The number of amides is 4. The van der Waals surface area contributed by atoms with Crippen molar-refractivity contribution < 1.29 is 19.2 Å². The molecule has 0 atom stereocenters. The number of anilines is 5. The van der Waals surface area contributed by atoms with Gasteiger partial charge in [0, 0.05) is 136 Å². The molecule has 12 heterocycles. The van der Waals surface area contributed by atoms with E-state index in [0.717, 1.165) is 181 Å². The molecule has 128 heavy (non-hydrogen) atoms. The number of H-pyrrole nitrogens is 4. The summed E-state index contributed by atoms with van der Waals surface area (Å²) in [6, 6.07) is 86.1. The number of carbonyl (C=O) groups is 4. The SMILES string of the molecule is N#Cc1ccc(NC(=O)c2n[nH]c3ccc(-c4cncc(CN5CCCC5)c4)cc23)cc1.O=C(Nc1ccc(-c2ccccc2)nc1)c1n[nH]c2ccc(-c3cncc(CN4CCCC4)c3)cc12.O=C(Nc1ccccc1)c1n[nH]c2ccc(-c3ccc(N4CCCC4)nc3)cc12.O=C(Nc1ccccc1)c1n[nH]c2ccc(-c3cncc(Cc4ccccc4)c3)cc12. The van der Waals surface area contributed by atoms with Crippen molar-refractivity contribution in [2.45, 2.75) is 58.0 Å². The number of nitrogens with one attached hydrogen (secondary N) is 8. The van der Waals surface area contributed by atoms with Gasteiger partial charge in [0.05, 0.1) is 51.3 Å². The van der Waals surface area contributed by atoms with Crippen molar-refractivity contribution in [3.05, 3.63) is 361 Å². The van der Waals surface area contributed by atoms with Gasteiger partial charge in [0.1, 0.15) is 5.82 Å². The number of rotatable bonds is 20. The van der Waals surface area contributed by atoms with Gasteiger partial charge >= 0.3 is 0 Å². The van der Waals surface area contributed by atoms with Crippen LogP contribution in [-0.2, 0) is 19.5 Å². The summed E-state index contributed by atoms with van der Waals surface area (Å²) < 4.78 is 0. The zero-order valence-electron chi connectivity index (χ0n) is 70.0. The van der Waals surface area contributed by atoms with Crippen LogP contribution in [0.5, 0.6) is 0 Å². The Morgan fingerprint density at radius 3 is 1.09 bits per heavy atom. The molecule has 18 aromatic rings. The van der Waals surface area contributed by atoms with E-state index in [-0.39, 0.29) is 23.6 Å². The van der Waals surface area contributed by atoms with Crippen molar-refractivity contribution in [3.8, 4) is 61.8 Å². The summed E-state index contributed by atoms with van der Waals surface area (Å²) in [6.07, 6.45) is 23.2. The number of aromatic amines is 4. The molecule has 21 rings (SSSR count). The molecule has 3 aliphatic rings. The van der Waals surface area contributed by atoms with Gasteiger partial charge in [-0.2, -0.15) is 25.7 Å². The van der Waals surface area contributed by atoms with Crippen molar-refractivity contribution in [2.75, 3.05) is 65.4 Å². The molecule has 0 aliphatic carbocycles. The minimum atomic E-state index is -0.306. The summed E-state index contributed by atoms with van der Waals surface area (Å²) in [5.41, 5.74) is 22.6. The van der Waals surface area contributed by atoms with Crippen molar-refractivity contribution in [1.82, 2.24) is 75.5 Å². The van der Waals surface area contributed by atoms with Gasteiger partial charge in [0.15, 0.2) is 22.8 Å². The summed E-state index contributed by atoms with van der Waals surface area (Å²) in [5, 5.41) is 52.4. The van der Waals surface area contributed by atoms with Gasteiger partial charge < -0.3 is 26.2 Å². The fourth-order valence-electron chi connectivity index (χ4n) is 16.3. The van der Waals surface area contributed by atoms with E-state index in [0.29, 0.717) is 39.7 Å². The van der Waals surface area contributed by atoms with E-state index in [2.05, 4.69) is 150 Å². The molecule has 25 heteroatoms. The minimum absolute atomic E-state index is 0.234. The first-order valence-corrected chi connectivity index (χ1v) is 42.8. The lowest BCUT2D eigenvalue weighted by atomic mass is 10.0. The number of nitriles is 1. The molecule has 3 aliphatic heterocycles. The van der Waals surface area contributed by atoms with Gasteiger partial charge in [-0.1, -0.05) is 121 Å². The van der Waals surface area contributed by atoms with Gasteiger partial charge in [-0.3, -0.25) is 69.3 Å². The number of aromatic nitrogens is 13. The molecular formula is C103H89N21O4. The molecule has 0 unspecified atom stereocenters. The Morgan fingerprint density at radius 2 is 0.680 bits per heavy atom. The summed E-state index contributed by atoms with van der Waals surface area (Å²) in [5.74, 6) is -0.0428. The average molecular weight is 1680 g/mol. The second-order valence-electron chi connectivity index (χ2n) is 31.8. The Hall–Kier alpha value is -16.3. The zero-order valence-corrected chi connectivity index (χ0v) is 70.0. The fourth-order valence-corrected chi connectivity index (χ4v) is 16.3. The lowest BCUT2D eigenvalue weighted by molar-refractivity contribution is 0.101. The smallest absolute Gasteiger partial charge is 0.276 e. The monoisotopic (exact) mass is 1680 g/mol. The van der Waals surface area contributed by atoms with E-state index in [9.17, 15) is 19.2 Å². The fraction of sp³-hybridized carbons (Fsp3) is 0.146. The second kappa shape index (κ2) is 39.1. The highest BCUT2D eigenvalue weighted by Gasteiger charge is 2.23. The Bertz CT molecular complexity index is 6980. The molecule has 630 valence electrons. The first kappa shape index (κ1) is 82.6. The third-order valence-electron chi connectivity index (χ3n) is 22.9. The first-order valence-electron chi connectivity index (χ1n) is 42.8. The summed E-state index contributed by atoms with van der Waals surface area (Å²) in [7, 11) is 0. The van der Waals surface area contributed by atoms with Gasteiger partial charge in [-0.15, -0.1) is 0 Å². The summed E-state index contributed by atoms with van der Waals surface area (Å²) >= 11 is 0. The molecule has 9 aromatic carbocycles. The molecule has 4 amide bonds. The van der Waals surface area contributed by atoms with Crippen molar-refractivity contribution >= 4 is 95.8 Å². The first-order chi connectivity index (χ1) is 63.0. The van der Waals surface area contributed by atoms with E-state index < -0.39 is 0 Å². The Morgan fingerprint density at radius 1 is 0.312 bits per heavy atom. The van der Waals surface area contributed by atoms with Crippen LogP contribution in [0.1, 0.15) is 108 Å². The largest absolute Gasteiger partial charge is 0.357 e. The minimum Gasteiger partial charge on any atom is -0.357 e. The van der Waals surface area contributed by atoms with Gasteiger partial charge in [-0.25, -0.2) is 4.98 Å². The normalized spacial score (nSPS) is 13.1. The molecule has 0 radical (unpaired) electrons. The molecule has 9 aromatic heterocycles. The number of pyridine rings is 5. The second-order valence-corrected chi connectivity index (χ2v) is 31.8. The highest BCUT2D eigenvalue weighted by Crippen LogP contribution is 2.34. The molecule has 0 spiro atoms. The van der Waals surface area contributed by atoms with Crippen molar-refractivity contribution in [3.63, 3.8) is 0 Å². The number of benzene rings is 9. The molecular weight excluding hydrogens is 1600 g/mol. The Balaban J connectivity index is 0.000000116. The van der Waals surface area contributed by atoms with E-state index in [4.69, 9.17) is 5.26 Å². The van der Waals surface area contributed by atoms with E-state index in [1.165, 1.54) is 55.2 Å². The van der Waals surface area contributed by atoms with Gasteiger partial charge in [0.25, 0.3) is 23.6 Å². The maximum atomic E-state index is 13.1. The molecule has 3 saturated heterocycles. The number of nitrogens with zero attached hydrogens (tertiary/aromatic N) is 13. The number of fused-ring (bicyclic) bond motifs is 4. The maximum absolute atomic E-state index is 13.1. The number of likely N-dealkylation sites (tertiary alicyclic amines) is 2. The number of para-hydroxylation sites is 2. The van der Waals surface area contributed by atoms with Crippen molar-refractivity contribution in [1.29, 1.82) is 5.26 Å². The molecule has 3 fully saturated rings. The van der Waals surface area contributed by atoms with Crippen LogP contribution in [0.15, 0.2) is 310 Å². The maximum Gasteiger partial charge on any atom is 0.276 e. The highest BCUT2D eigenvalue weighted by molar-refractivity contribution is 6.14. The summed E-state index contributed by atoms with van der Waals surface area (Å²) in [4.78, 5) is 81.2. The van der Waals surface area contributed by atoms with Crippen LogP contribution < -0.4 is 26.2 Å². The van der Waals surface area contributed by atoms with Crippen LogP contribution in [0.25, 0.3) is 99.4 Å². The standard InChI is InChI=1S/C29H26N6O.C26H20N4O.C25H22N6O.C23H21N5O/c36-29(32-24-9-11-26(31-18-24)21-6-2-1-3-7-21)28-25-15-22(8-10-27(25)33-34-28)23-14-20(16-30-17-23)19-35-12-4-5-13-35;31-26(28-22-9-5-2-6-10-22)25-23-15-20(11-12-24(23)29-30-25)21-14-19(16-27-17-21)13-18-7-3-1-4-8-18;26-13-17-3-6-21(7-4-17)28-25(32)24-22-12-19(5-8-23(22)29-30-24)20-11-18(14-27-15-20)16-31-9-1-2-10-31;29-23(25-18-6-2-1-3-7-18)22-19-14-16(8-10-20(19)26-27-22)17-9-11-21(24-15-17)28-12-4-5-13-28/h1-3,6-11,14-18H,4-5,12-13,19H2,(H,32,36)(H,33,34);1-12,14-17H,13H2,(H,28,31)(H,29,30);3-8,11-12,14-15H,1-2,9-10,16H2,(H,28,32)(H,29,30);1-3,6-11,14-15H,4-5,12-13H2,(H,25,29)(H,26,27). The predicted molar refractivity (Wildman–Crippen MR) is 503 cm³/mol. The zero-order chi connectivity index (χ0) is 86.9. The average Bonchev–Trinajstić information content (AvgIpc) is 1.61. The van der Waals surface area contributed by atoms with Crippen LogP contribution in [0, 0.1) is 11.3 Å². The van der Waals surface area contributed by atoms with Crippen LogP contribution in [0.3, 0.4) is 0 Å².